The van der Waals surface area contributed by atoms with Crippen LogP contribution in [-0.4, -0.2) is 22.6 Å². The molecule has 0 fully saturated rings. The summed E-state index contributed by atoms with van der Waals surface area (Å²) in [6.07, 6.45) is 2.82. The summed E-state index contributed by atoms with van der Waals surface area (Å²) in [4.78, 5) is 4.07. The molecule has 5 heteroatoms. The first-order valence-corrected chi connectivity index (χ1v) is 6.99. The van der Waals surface area contributed by atoms with Crippen LogP contribution in [0.25, 0.3) is 0 Å². The van der Waals surface area contributed by atoms with Crippen LogP contribution in [0.3, 0.4) is 0 Å². The van der Waals surface area contributed by atoms with Crippen LogP contribution in [0.4, 0.5) is 0 Å². The Morgan fingerprint density at radius 1 is 1.38 bits per heavy atom. The summed E-state index contributed by atoms with van der Waals surface area (Å²) < 4.78 is 0. The third kappa shape index (κ3) is 2.87. The van der Waals surface area contributed by atoms with Crippen molar-refractivity contribution >= 4 is 5.84 Å². The summed E-state index contributed by atoms with van der Waals surface area (Å²) in [7, 11) is 0. The summed E-state index contributed by atoms with van der Waals surface area (Å²) in [6, 6.07) is 12.3. The highest BCUT2D eigenvalue weighted by molar-refractivity contribution is 5.95. The average molecular weight is 282 g/mol. The van der Waals surface area contributed by atoms with Gasteiger partial charge >= 0.3 is 0 Å². The number of rotatable bonds is 5. The van der Waals surface area contributed by atoms with Crippen LogP contribution in [-0.2, 0) is 13.0 Å². The first-order chi connectivity index (χ1) is 10.3. The molecule has 0 radical (unpaired) electrons. The summed E-state index contributed by atoms with van der Waals surface area (Å²) in [6.45, 7) is 1.70. The molecule has 4 N–H and O–H groups in total. The molecule has 0 saturated heterocycles. The quantitative estimate of drug-likeness (QED) is 0.337. The van der Waals surface area contributed by atoms with E-state index >= 15 is 0 Å². The van der Waals surface area contributed by atoms with Crippen LogP contribution in [0.15, 0.2) is 47.8 Å². The van der Waals surface area contributed by atoms with E-state index in [1.54, 1.807) is 6.20 Å². The normalized spacial score (nSPS) is 17.1. The number of amidine groups is 1. The molecule has 2 aromatic rings. The minimum atomic E-state index is 0.0322. The molecule has 108 valence electrons. The van der Waals surface area contributed by atoms with Gasteiger partial charge in [-0.05, 0) is 35.2 Å². The highest BCUT2D eigenvalue weighted by atomic mass is 16.4. The van der Waals surface area contributed by atoms with Gasteiger partial charge in [-0.2, -0.15) is 0 Å². The van der Waals surface area contributed by atoms with E-state index in [9.17, 15) is 0 Å². The molecular weight excluding hydrogens is 264 g/mol. The number of nitrogens with two attached hydrogens (primary N) is 1. The van der Waals surface area contributed by atoms with Crippen molar-refractivity contribution in [3.8, 4) is 0 Å². The summed E-state index contributed by atoms with van der Waals surface area (Å²) in [5.74, 6) is 0.636. The first-order valence-electron chi connectivity index (χ1n) is 6.99. The number of aromatic nitrogens is 1. The van der Waals surface area contributed by atoms with E-state index in [1.165, 1.54) is 11.1 Å². The highest BCUT2D eigenvalue weighted by Gasteiger charge is 2.24. The van der Waals surface area contributed by atoms with E-state index in [2.05, 4.69) is 39.7 Å². The maximum atomic E-state index is 8.67. The van der Waals surface area contributed by atoms with E-state index in [0.29, 0.717) is 11.6 Å². The highest BCUT2D eigenvalue weighted by Crippen LogP contribution is 2.33. The molecule has 1 aromatic heterocycles. The number of hydrogen-bond acceptors (Lipinski definition) is 4. The molecule has 3 rings (SSSR count). The SMILES string of the molecule is NC(=NO)c1cc(CNCC2Cc3ccccc32)ccn1. The number of nitrogens with one attached hydrogen (secondary N) is 1. The van der Waals surface area contributed by atoms with Gasteiger partial charge in [-0.1, -0.05) is 29.4 Å². The largest absolute Gasteiger partial charge is 0.409 e. The van der Waals surface area contributed by atoms with Gasteiger partial charge in [0.15, 0.2) is 5.84 Å². The zero-order chi connectivity index (χ0) is 14.7. The molecule has 1 atom stereocenters. The number of fused-ring (bicyclic) bond motifs is 1. The Labute approximate surface area is 123 Å². The van der Waals surface area contributed by atoms with E-state index in [-0.39, 0.29) is 5.84 Å². The Bertz CT molecular complexity index is 669. The van der Waals surface area contributed by atoms with Crippen molar-refractivity contribution in [3.05, 3.63) is 65.0 Å². The van der Waals surface area contributed by atoms with Gasteiger partial charge in [-0.3, -0.25) is 4.98 Å². The Balaban J connectivity index is 1.55. The molecular formula is C16H18N4O. The molecule has 1 heterocycles. The lowest BCUT2D eigenvalue weighted by Gasteiger charge is -2.30. The van der Waals surface area contributed by atoms with Crippen molar-refractivity contribution < 1.29 is 5.21 Å². The van der Waals surface area contributed by atoms with E-state index in [1.807, 2.05) is 12.1 Å². The van der Waals surface area contributed by atoms with Crippen LogP contribution in [0.2, 0.25) is 0 Å². The Kier molecular flexibility index (Phi) is 3.83. The molecule has 0 aliphatic heterocycles. The van der Waals surface area contributed by atoms with Crippen molar-refractivity contribution in [1.82, 2.24) is 10.3 Å². The van der Waals surface area contributed by atoms with Crippen LogP contribution >= 0.6 is 0 Å². The van der Waals surface area contributed by atoms with Crippen molar-refractivity contribution in [1.29, 1.82) is 0 Å². The van der Waals surface area contributed by atoms with Crippen molar-refractivity contribution in [2.75, 3.05) is 6.54 Å². The lowest BCUT2D eigenvalue weighted by Crippen LogP contribution is -2.28. The number of nitrogens with zero attached hydrogens (tertiary/aromatic N) is 2. The number of hydrogen-bond donors (Lipinski definition) is 3. The monoisotopic (exact) mass is 282 g/mol. The Morgan fingerprint density at radius 2 is 2.24 bits per heavy atom. The average Bonchev–Trinajstić information content (AvgIpc) is 2.51. The second-order valence-corrected chi connectivity index (χ2v) is 5.27. The van der Waals surface area contributed by atoms with Crippen LogP contribution in [0.5, 0.6) is 0 Å². The second-order valence-electron chi connectivity index (χ2n) is 5.27. The lowest BCUT2D eigenvalue weighted by atomic mass is 9.77. The van der Waals surface area contributed by atoms with Gasteiger partial charge in [0.05, 0.1) is 0 Å². The Hall–Kier alpha value is -2.40. The first kappa shape index (κ1) is 13.6. The standard InChI is InChI=1S/C16H18N4O/c17-16(20-21)15-7-11(5-6-19-15)9-18-10-13-8-12-3-1-2-4-14(12)13/h1-7,13,18,21H,8-10H2,(H2,17,20). The smallest absolute Gasteiger partial charge is 0.188 e. The van der Waals surface area contributed by atoms with Crippen LogP contribution < -0.4 is 11.1 Å². The molecule has 0 spiro atoms. The molecule has 1 aliphatic rings. The second kappa shape index (κ2) is 5.93. The van der Waals surface area contributed by atoms with E-state index in [4.69, 9.17) is 10.9 Å². The number of pyridine rings is 1. The molecule has 0 amide bonds. The number of benzene rings is 1. The minimum absolute atomic E-state index is 0.0322. The van der Waals surface area contributed by atoms with Crippen LogP contribution in [0.1, 0.15) is 28.3 Å². The van der Waals surface area contributed by atoms with Gasteiger partial charge in [0.25, 0.3) is 0 Å². The van der Waals surface area contributed by atoms with Gasteiger partial charge in [-0.15, -0.1) is 0 Å². The number of oxime groups is 1. The van der Waals surface area contributed by atoms with E-state index in [0.717, 1.165) is 25.1 Å². The van der Waals surface area contributed by atoms with Gasteiger partial charge in [0, 0.05) is 25.2 Å². The summed E-state index contributed by atoms with van der Waals surface area (Å²) in [5.41, 5.74) is 10.0. The fourth-order valence-electron chi connectivity index (χ4n) is 2.71. The summed E-state index contributed by atoms with van der Waals surface area (Å²) >= 11 is 0. The minimum Gasteiger partial charge on any atom is -0.409 e. The van der Waals surface area contributed by atoms with Gasteiger partial charge in [0.1, 0.15) is 5.69 Å². The van der Waals surface area contributed by atoms with Crippen molar-refractivity contribution in [3.63, 3.8) is 0 Å². The van der Waals surface area contributed by atoms with Gasteiger partial charge in [-0.25, -0.2) is 0 Å². The van der Waals surface area contributed by atoms with Gasteiger partial charge < -0.3 is 16.3 Å². The predicted octanol–water partition coefficient (Wildman–Crippen LogP) is 1.61. The third-order valence-electron chi connectivity index (χ3n) is 3.88. The van der Waals surface area contributed by atoms with Crippen molar-refractivity contribution in [2.24, 2.45) is 10.9 Å². The predicted molar refractivity (Wildman–Crippen MR) is 81.3 cm³/mol. The maximum absolute atomic E-state index is 8.67. The lowest BCUT2D eigenvalue weighted by molar-refractivity contribution is 0.318. The van der Waals surface area contributed by atoms with E-state index < -0.39 is 0 Å². The molecule has 5 nitrogen and oxygen atoms in total. The molecule has 1 aliphatic carbocycles. The third-order valence-corrected chi connectivity index (χ3v) is 3.88. The maximum Gasteiger partial charge on any atom is 0.188 e. The topological polar surface area (TPSA) is 83.5 Å². The molecule has 0 saturated carbocycles. The summed E-state index contributed by atoms with van der Waals surface area (Å²) in [5, 5.41) is 15.1. The molecule has 1 unspecified atom stereocenters. The molecule has 21 heavy (non-hydrogen) atoms. The van der Waals surface area contributed by atoms with Crippen molar-refractivity contribution in [2.45, 2.75) is 18.9 Å². The van der Waals surface area contributed by atoms with Gasteiger partial charge in [0.2, 0.25) is 0 Å². The zero-order valence-electron chi connectivity index (χ0n) is 11.7. The molecule has 0 bridgehead atoms. The molecule has 1 aromatic carbocycles. The Morgan fingerprint density at radius 3 is 3.05 bits per heavy atom. The van der Waals surface area contributed by atoms with Crippen LogP contribution in [0, 0.1) is 0 Å². The fraction of sp³-hybridized carbons (Fsp3) is 0.250. The fourth-order valence-corrected chi connectivity index (χ4v) is 2.71. The zero-order valence-corrected chi connectivity index (χ0v) is 11.7.